The van der Waals surface area contributed by atoms with E-state index in [1.54, 1.807) is 23.2 Å². The minimum absolute atomic E-state index is 0.105. The second-order valence-corrected chi connectivity index (χ2v) is 3.21. The quantitative estimate of drug-likeness (QED) is 0.737. The second kappa shape index (κ2) is 4.75. The van der Waals surface area contributed by atoms with E-state index < -0.39 is 0 Å². The van der Waals surface area contributed by atoms with Gasteiger partial charge in [0.2, 0.25) is 0 Å². The maximum absolute atomic E-state index is 11.7. The number of carbonyl (C=O) groups excluding carboxylic acids is 1. The smallest absolute Gasteiger partial charge is 0.322 e. The van der Waals surface area contributed by atoms with Crippen LogP contribution >= 0.6 is 0 Å². The molecule has 2 rings (SSSR count). The zero-order chi connectivity index (χ0) is 10.5. The van der Waals surface area contributed by atoms with Gasteiger partial charge in [-0.3, -0.25) is 4.98 Å². The highest BCUT2D eigenvalue weighted by atomic mass is 16.5. The highest BCUT2D eigenvalue weighted by Crippen LogP contribution is 2.05. The Bertz CT molecular complexity index is 323. The number of morpholine rings is 1. The second-order valence-electron chi connectivity index (χ2n) is 3.21. The molecule has 5 nitrogen and oxygen atoms in total. The average Bonchev–Trinajstić information content (AvgIpc) is 2.31. The topological polar surface area (TPSA) is 54.5 Å². The van der Waals surface area contributed by atoms with Gasteiger partial charge in [-0.25, -0.2) is 4.79 Å². The number of amides is 2. The van der Waals surface area contributed by atoms with Gasteiger partial charge in [0, 0.05) is 13.1 Å². The van der Waals surface area contributed by atoms with Gasteiger partial charge < -0.3 is 15.0 Å². The molecule has 0 aromatic carbocycles. The number of anilines is 1. The summed E-state index contributed by atoms with van der Waals surface area (Å²) in [4.78, 5) is 17.2. The Hall–Kier alpha value is -1.62. The van der Waals surface area contributed by atoms with E-state index in [-0.39, 0.29) is 6.03 Å². The summed E-state index contributed by atoms with van der Waals surface area (Å²) in [6.07, 6.45) is 4.22. The normalized spacial score (nSPS) is 16.1. The van der Waals surface area contributed by atoms with Crippen molar-refractivity contribution in [3.8, 4) is 0 Å². The van der Waals surface area contributed by atoms with Gasteiger partial charge in [0.25, 0.3) is 0 Å². The van der Waals surface area contributed by atoms with Crippen molar-refractivity contribution in [3.63, 3.8) is 0 Å². The van der Waals surface area contributed by atoms with Gasteiger partial charge in [0.1, 0.15) is 0 Å². The summed E-state index contributed by atoms with van der Waals surface area (Å²) in [7, 11) is 0. The lowest BCUT2D eigenvalue weighted by atomic mass is 10.4. The minimum atomic E-state index is -0.105. The molecule has 1 saturated heterocycles. The van der Waals surface area contributed by atoms with Crippen LogP contribution in [0, 0.1) is 6.20 Å². The van der Waals surface area contributed by atoms with Crippen LogP contribution < -0.4 is 5.32 Å². The monoisotopic (exact) mass is 206 g/mol. The van der Waals surface area contributed by atoms with Crippen molar-refractivity contribution in [2.75, 3.05) is 31.6 Å². The molecule has 0 unspecified atom stereocenters. The molecule has 0 spiro atoms. The number of hydrogen-bond acceptors (Lipinski definition) is 3. The lowest BCUT2D eigenvalue weighted by molar-refractivity contribution is 0.0564. The van der Waals surface area contributed by atoms with Gasteiger partial charge in [-0.05, 0) is 12.1 Å². The highest BCUT2D eigenvalue weighted by Gasteiger charge is 2.16. The highest BCUT2D eigenvalue weighted by molar-refractivity contribution is 5.89. The number of aromatic nitrogens is 1. The van der Waals surface area contributed by atoms with Crippen LogP contribution in [0.25, 0.3) is 0 Å². The molecular weight excluding hydrogens is 194 g/mol. The fourth-order valence-electron chi connectivity index (χ4n) is 1.36. The number of carbonyl (C=O) groups is 1. The lowest BCUT2D eigenvalue weighted by Gasteiger charge is -2.26. The van der Waals surface area contributed by atoms with E-state index in [0.717, 1.165) is 0 Å². The Morgan fingerprint density at radius 3 is 3.00 bits per heavy atom. The van der Waals surface area contributed by atoms with Crippen LogP contribution in [0.2, 0.25) is 0 Å². The van der Waals surface area contributed by atoms with Gasteiger partial charge in [-0.1, -0.05) is 0 Å². The van der Waals surface area contributed by atoms with Crippen molar-refractivity contribution in [1.29, 1.82) is 0 Å². The van der Waals surface area contributed by atoms with E-state index >= 15 is 0 Å². The van der Waals surface area contributed by atoms with Crippen LogP contribution in [0.1, 0.15) is 0 Å². The van der Waals surface area contributed by atoms with E-state index in [2.05, 4.69) is 16.5 Å². The Balaban J connectivity index is 1.91. The molecule has 1 aromatic heterocycles. The molecule has 1 aliphatic heterocycles. The maximum Gasteiger partial charge on any atom is 0.322 e. The zero-order valence-corrected chi connectivity index (χ0v) is 8.27. The first-order valence-electron chi connectivity index (χ1n) is 4.82. The summed E-state index contributed by atoms with van der Waals surface area (Å²) in [5.74, 6) is 0. The molecule has 1 aliphatic rings. The number of ether oxygens (including phenoxy) is 1. The van der Waals surface area contributed by atoms with Crippen LogP contribution in [-0.4, -0.2) is 42.2 Å². The number of nitrogens with one attached hydrogen (secondary N) is 1. The van der Waals surface area contributed by atoms with Gasteiger partial charge in [-0.15, -0.1) is 0 Å². The molecule has 0 aliphatic carbocycles. The van der Waals surface area contributed by atoms with Crippen LogP contribution in [0.3, 0.4) is 0 Å². The lowest BCUT2D eigenvalue weighted by Crippen LogP contribution is -2.43. The van der Waals surface area contributed by atoms with Crippen molar-refractivity contribution < 1.29 is 9.53 Å². The predicted molar refractivity (Wildman–Crippen MR) is 54.5 cm³/mol. The molecule has 1 aromatic rings. The first-order valence-corrected chi connectivity index (χ1v) is 4.82. The Labute approximate surface area is 88.1 Å². The average molecular weight is 206 g/mol. The molecule has 1 N–H and O–H groups in total. The summed E-state index contributed by atoms with van der Waals surface area (Å²) < 4.78 is 5.16. The summed E-state index contributed by atoms with van der Waals surface area (Å²) in [5.41, 5.74) is 0.685. The van der Waals surface area contributed by atoms with Crippen LogP contribution in [-0.2, 0) is 4.74 Å². The van der Waals surface area contributed by atoms with Crippen molar-refractivity contribution in [2.24, 2.45) is 0 Å². The third-order valence-electron chi connectivity index (χ3n) is 2.17. The van der Waals surface area contributed by atoms with Crippen molar-refractivity contribution in [2.45, 2.75) is 0 Å². The van der Waals surface area contributed by atoms with E-state index in [9.17, 15) is 4.79 Å². The number of pyridine rings is 1. The minimum Gasteiger partial charge on any atom is -0.378 e. The zero-order valence-electron chi connectivity index (χ0n) is 8.27. The van der Waals surface area contributed by atoms with Gasteiger partial charge in [-0.2, -0.15) is 0 Å². The molecule has 1 fully saturated rings. The standard InChI is InChI=1S/C10H12N3O2/c14-10(13-4-6-15-7-5-13)12-9-2-1-3-11-8-9/h1-2,8H,4-7H2,(H,12,14). The fraction of sp³-hybridized carbons (Fsp3) is 0.400. The van der Waals surface area contributed by atoms with E-state index in [1.165, 1.54) is 0 Å². The summed E-state index contributed by atoms with van der Waals surface area (Å²) in [6.45, 7) is 2.49. The largest absolute Gasteiger partial charge is 0.378 e. The van der Waals surface area contributed by atoms with E-state index in [0.29, 0.717) is 32.0 Å². The maximum atomic E-state index is 11.7. The number of nitrogens with zero attached hydrogens (tertiary/aromatic N) is 2. The molecular formula is C10H12N3O2. The van der Waals surface area contributed by atoms with Crippen molar-refractivity contribution in [3.05, 3.63) is 24.5 Å². The molecule has 5 heteroatoms. The third-order valence-corrected chi connectivity index (χ3v) is 2.17. The van der Waals surface area contributed by atoms with Crippen LogP contribution in [0.5, 0.6) is 0 Å². The molecule has 79 valence electrons. The third kappa shape index (κ3) is 2.66. The van der Waals surface area contributed by atoms with Gasteiger partial charge in [0.05, 0.1) is 31.3 Å². The fourth-order valence-corrected chi connectivity index (χ4v) is 1.36. The van der Waals surface area contributed by atoms with E-state index in [1.807, 2.05) is 0 Å². The first kappa shape index (κ1) is 9.92. The Morgan fingerprint density at radius 2 is 2.33 bits per heavy atom. The molecule has 15 heavy (non-hydrogen) atoms. The van der Waals surface area contributed by atoms with Gasteiger partial charge >= 0.3 is 6.03 Å². The number of rotatable bonds is 1. The Kier molecular flexibility index (Phi) is 3.14. The van der Waals surface area contributed by atoms with Crippen LogP contribution in [0.4, 0.5) is 10.5 Å². The SMILES string of the molecule is O=C(Nc1cc[c]nc1)N1CCOCC1. The molecule has 2 heterocycles. The van der Waals surface area contributed by atoms with Crippen molar-refractivity contribution in [1.82, 2.24) is 9.88 Å². The molecule has 1 radical (unpaired) electrons. The van der Waals surface area contributed by atoms with Crippen molar-refractivity contribution >= 4 is 11.7 Å². The summed E-state index contributed by atoms with van der Waals surface area (Å²) in [6, 6.07) is 3.31. The summed E-state index contributed by atoms with van der Waals surface area (Å²) >= 11 is 0. The molecule has 2 amide bonds. The number of urea groups is 1. The summed E-state index contributed by atoms with van der Waals surface area (Å²) in [5, 5.41) is 2.76. The first-order chi connectivity index (χ1) is 7.36. The van der Waals surface area contributed by atoms with E-state index in [4.69, 9.17) is 4.74 Å². The predicted octanol–water partition coefficient (Wildman–Crippen LogP) is 0.746. The Morgan fingerprint density at radius 1 is 1.53 bits per heavy atom. The van der Waals surface area contributed by atoms with Crippen LogP contribution in [0.15, 0.2) is 18.3 Å². The molecule has 0 bridgehead atoms. The molecule has 0 saturated carbocycles. The molecule has 0 atom stereocenters. The van der Waals surface area contributed by atoms with Gasteiger partial charge in [0.15, 0.2) is 0 Å². The number of hydrogen-bond donors (Lipinski definition) is 1.